The molecule has 0 saturated heterocycles. The predicted molar refractivity (Wildman–Crippen MR) is 103 cm³/mol. The highest BCUT2D eigenvalue weighted by Crippen LogP contribution is 2.21. The van der Waals surface area contributed by atoms with Gasteiger partial charge in [0.15, 0.2) is 0 Å². The summed E-state index contributed by atoms with van der Waals surface area (Å²) in [5, 5.41) is 2.64. The van der Waals surface area contributed by atoms with Gasteiger partial charge in [-0.25, -0.2) is 0 Å². The molecule has 0 aliphatic rings. The summed E-state index contributed by atoms with van der Waals surface area (Å²) >= 11 is 0. The zero-order valence-electron chi connectivity index (χ0n) is 15.1. The maximum atomic E-state index is 12.6. The molecule has 28 heavy (non-hydrogen) atoms. The van der Waals surface area contributed by atoms with Crippen LogP contribution in [0.2, 0.25) is 0 Å². The number of carbonyl (C=O) groups excluding carboxylic acids is 2. The first-order valence-electron chi connectivity index (χ1n) is 8.28. The van der Waals surface area contributed by atoms with Crippen LogP contribution in [-0.4, -0.2) is 29.4 Å². The van der Waals surface area contributed by atoms with Gasteiger partial charge in [-0.05, 0) is 30.2 Å². The molecule has 1 atom stereocenters. The molecule has 9 heteroatoms. The number of anilines is 1. The smallest absolute Gasteiger partial charge is 0.331 e. The van der Waals surface area contributed by atoms with Crippen LogP contribution in [-0.2, 0) is 16.1 Å². The highest BCUT2D eigenvalue weighted by atomic mass is 35.5. The zero-order chi connectivity index (χ0) is 20.0. The lowest BCUT2D eigenvalue weighted by atomic mass is 10.1. The van der Waals surface area contributed by atoms with E-state index in [0.717, 1.165) is 0 Å². The lowest BCUT2D eigenvalue weighted by molar-refractivity contribution is -0.185. The Morgan fingerprint density at radius 3 is 2.32 bits per heavy atom. The van der Waals surface area contributed by atoms with E-state index in [-0.39, 0.29) is 25.5 Å². The summed E-state index contributed by atoms with van der Waals surface area (Å²) in [6, 6.07) is 14.2. The average molecular weight is 416 g/mol. The number of alkyl halides is 3. The van der Waals surface area contributed by atoms with Crippen molar-refractivity contribution >= 4 is 29.9 Å². The fraction of sp³-hybridized carbons (Fsp3) is 0.263. The van der Waals surface area contributed by atoms with Gasteiger partial charge in [-0.15, -0.1) is 12.4 Å². The number of halogens is 4. The van der Waals surface area contributed by atoms with Gasteiger partial charge in [-0.1, -0.05) is 42.5 Å². The van der Waals surface area contributed by atoms with Crippen LogP contribution in [0.1, 0.15) is 24.1 Å². The van der Waals surface area contributed by atoms with Gasteiger partial charge in [0.05, 0.1) is 0 Å². The molecule has 0 aliphatic heterocycles. The first kappa shape index (κ1) is 23.5. The summed E-state index contributed by atoms with van der Waals surface area (Å²) in [6.45, 7) is 1.16. The summed E-state index contributed by atoms with van der Waals surface area (Å²) in [5.41, 5.74) is 7.41. The summed E-state index contributed by atoms with van der Waals surface area (Å²) in [6.07, 6.45) is -4.93. The highest BCUT2D eigenvalue weighted by Gasteiger charge is 2.41. The Bertz CT molecular complexity index is 801. The quantitative estimate of drug-likeness (QED) is 0.756. The zero-order valence-corrected chi connectivity index (χ0v) is 15.9. The third kappa shape index (κ3) is 6.24. The van der Waals surface area contributed by atoms with E-state index in [1.165, 1.54) is 13.0 Å². The van der Waals surface area contributed by atoms with Gasteiger partial charge in [0.25, 0.3) is 0 Å². The van der Waals surface area contributed by atoms with Crippen LogP contribution in [0.4, 0.5) is 18.9 Å². The Kier molecular flexibility index (Phi) is 8.46. The molecule has 0 aliphatic carbocycles. The Labute approximate surface area is 167 Å². The number of nitrogens with zero attached hydrogens (tertiary/aromatic N) is 1. The second-order valence-corrected chi connectivity index (χ2v) is 5.90. The van der Waals surface area contributed by atoms with Crippen molar-refractivity contribution in [1.29, 1.82) is 0 Å². The average Bonchev–Trinajstić information content (AvgIpc) is 2.65. The van der Waals surface area contributed by atoms with Gasteiger partial charge >= 0.3 is 12.1 Å². The molecule has 0 radical (unpaired) electrons. The van der Waals surface area contributed by atoms with E-state index >= 15 is 0 Å². The lowest BCUT2D eigenvalue weighted by Crippen LogP contribution is -2.40. The third-order valence-corrected chi connectivity index (χ3v) is 3.92. The Balaban J connectivity index is 0.00000392. The summed E-state index contributed by atoms with van der Waals surface area (Å²) in [7, 11) is 0. The minimum absolute atomic E-state index is 0. The second-order valence-electron chi connectivity index (χ2n) is 5.90. The number of hydrogen-bond donors (Lipinski definition) is 2. The van der Waals surface area contributed by atoms with Gasteiger partial charge in [-0.2, -0.15) is 13.2 Å². The van der Waals surface area contributed by atoms with Crippen LogP contribution in [0.15, 0.2) is 54.6 Å². The molecule has 5 nitrogen and oxygen atoms in total. The van der Waals surface area contributed by atoms with E-state index < -0.39 is 24.0 Å². The van der Waals surface area contributed by atoms with Crippen molar-refractivity contribution in [2.75, 3.05) is 11.9 Å². The molecule has 152 valence electrons. The number of benzene rings is 2. The topological polar surface area (TPSA) is 75.4 Å². The van der Waals surface area contributed by atoms with Crippen LogP contribution in [0.3, 0.4) is 0 Å². The van der Waals surface area contributed by atoms with Crippen LogP contribution >= 0.6 is 12.4 Å². The van der Waals surface area contributed by atoms with E-state index in [0.29, 0.717) is 21.7 Å². The fourth-order valence-electron chi connectivity index (χ4n) is 2.51. The van der Waals surface area contributed by atoms with E-state index in [2.05, 4.69) is 5.32 Å². The van der Waals surface area contributed by atoms with E-state index in [9.17, 15) is 22.8 Å². The molecule has 0 bridgehead atoms. The molecular weight excluding hydrogens is 395 g/mol. The second kappa shape index (κ2) is 10.1. The summed E-state index contributed by atoms with van der Waals surface area (Å²) in [5.74, 6) is -2.34. The number of carbonyl (C=O) groups is 2. The number of nitrogens with two attached hydrogens (primary N) is 1. The SMILES string of the molecule is CCN(Cc1cccc(NC(=O)C(N)c2ccccc2)c1)C(=O)C(F)(F)F.Cl. The molecule has 0 fully saturated rings. The molecule has 0 spiro atoms. The maximum absolute atomic E-state index is 12.6. The number of nitrogens with one attached hydrogen (secondary N) is 1. The van der Waals surface area contributed by atoms with Crippen molar-refractivity contribution in [2.45, 2.75) is 25.7 Å². The van der Waals surface area contributed by atoms with Crippen molar-refractivity contribution in [3.63, 3.8) is 0 Å². The molecule has 0 heterocycles. The van der Waals surface area contributed by atoms with E-state index in [1.807, 2.05) is 0 Å². The summed E-state index contributed by atoms with van der Waals surface area (Å²) in [4.78, 5) is 24.4. The lowest BCUT2D eigenvalue weighted by Gasteiger charge is -2.22. The Morgan fingerprint density at radius 1 is 1.11 bits per heavy atom. The monoisotopic (exact) mass is 415 g/mol. The van der Waals surface area contributed by atoms with Gasteiger partial charge in [-0.3, -0.25) is 9.59 Å². The molecular formula is C19H21ClF3N3O2. The molecule has 1 unspecified atom stereocenters. The molecule has 0 aromatic heterocycles. The van der Waals surface area contributed by atoms with Crippen molar-refractivity contribution < 1.29 is 22.8 Å². The minimum Gasteiger partial charge on any atom is -0.331 e. The largest absolute Gasteiger partial charge is 0.471 e. The van der Waals surface area contributed by atoms with Crippen LogP contribution in [0.5, 0.6) is 0 Å². The number of rotatable bonds is 6. The Morgan fingerprint density at radius 2 is 1.75 bits per heavy atom. The van der Waals surface area contributed by atoms with E-state index in [4.69, 9.17) is 5.73 Å². The molecule has 2 amide bonds. The number of hydrogen-bond acceptors (Lipinski definition) is 3. The predicted octanol–water partition coefficient (Wildman–Crippen LogP) is 3.66. The van der Waals surface area contributed by atoms with Crippen LogP contribution in [0, 0.1) is 0 Å². The standard InChI is InChI=1S/C19H20F3N3O2.ClH/c1-2-25(18(27)19(20,21)22)12-13-7-6-10-15(11-13)24-17(26)16(23)14-8-4-3-5-9-14;/h3-11,16H,2,12,23H2,1H3,(H,24,26);1H. The van der Waals surface area contributed by atoms with Gasteiger partial charge in [0, 0.05) is 18.8 Å². The molecule has 2 aromatic rings. The van der Waals surface area contributed by atoms with E-state index in [1.54, 1.807) is 48.5 Å². The van der Waals surface area contributed by atoms with Crippen LogP contribution in [0.25, 0.3) is 0 Å². The van der Waals surface area contributed by atoms with Gasteiger partial charge in [0.2, 0.25) is 5.91 Å². The Hall–Kier alpha value is -2.58. The minimum atomic E-state index is -4.93. The van der Waals surface area contributed by atoms with Crippen molar-refractivity contribution in [2.24, 2.45) is 5.73 Å². The van der Waals surface area contributed by atoms with Gasteiger partial charge < -0.3 is 16.0 Å². The first-order valence-corrected chi connectivity index (χ1v) is 8.28. The molecule has 0 saturated carbocycles. The third-order valence-electron chi connectivity index (χ3n) is 3.92. The molecule has 3 N–H and O–H groups in total. The normalized spacial score (nSPS) is 11.9. The van der Waals surface area contributed by atoms with Crippen molar-refractivity contribution in [3.8, 4) is 0 Å². The van der Waals surface area contributed by atoms with Crippen molar-refractivity contribution in [3.05, 3.63) is 65.7 Å². The number of amides is 2. The molecule has 2 aromatic carbocycles. The van der Waals surface area contributed by atoms with Crippen molar-refractivity contribution in [1.82, 2.24) is 4.90 Å². The molecule has 2 rings (SSSR count). The van der Waals surface area contributed by atoms with Gasteiger partial charge in [0.1, 0.15) is 6.04 Å². The highest BCUT2D eigenvalue weighted by molar-refractivity contribution is 5.95. The van der Waals surface area contributed by atoms with Crippen LogP contribution < -0.4 is 11.1 Å². The first-order chi connectivity index (χ1) is 12.7. The fourth-order valence-corrected chi connectivity index (χ4v) is 2.51. The summed E-state index contributed by atoms with van der Waals surface area (Å²) < 4.78 is 37.9. The maximum Gasteiger partial charge on any atom is 0.471 e.